The molecule has 1 saturated carbocycles. The normalized spacial score (nSPS) is 20.2. The number of hydrogen-bond acceptors (Lipinski definition) is 8. The van der Waals surface area contributed by atoms with Gasteiger partial charge in [-0.05, 0) is 63.6 Å². The zero-order valence-corrected chi connectivity index (χ0v) is 22.4. The zero-order valence-electron chi connectivity index (χ0n) is 22.4. The van der Waals surface area contributed by atoms with E-state index in [0.29, 0.717) is 41.5 Å². The first-order valence-electron chi connectivity index (χ1n) is 13.3. The molecule has 2 N–H and O–H groups in total. The Morgan fingerprint density at radius 1 is 1.13 bits per heavy atom. The predicted octanol–water partition coefficient (Wildman–Crippen LogP) is 3.04. The smallest absolute Gasteiger partial charge is 0.337 e. The molecule has 206 valence electrons. The van der Waals surface area contributed by atoms with Crippen molar-refractivity contribution in [1.29, 1.82) is 0 Å². The number of anilines is 1. The number of amides is 3. The Kier molecular flexibility index (Phi) is 7.11. The fourth-order valence-corrected chi connectivity index (χ4v) is 5.62. The van der Waals surface area contributed by atoms with E-state index in [1.165, 1.54) is 12.0 Å². The zero-order chi connectivity index (χ0) is 27.9. The maximum atomic E-state index is 13.3. The van der Waals surface area contributed by atoms with Gasteiger partial charge in [-0.15, -0.1) is 0 Å². The van der Waals surface area contributed by atoms with Gasteiger partial charge in [-0.2, -0.15) is 0 Å². The Hall–Kier alpha value is -3.86. The topological polar surface area (TPSA) is 144 Å². The van der Waals surface area contributed by atoms with E-state index in [4.69, 9.17) is 4.74 Å². The predicted molar refractivity (Wildman–Crippen MR) is 143 cm³/mol. The summed E-state index contributed by atoms with van der Waals surface area (Å²) in [7, 11) is 1.31. The van der Waals surface area contributed by atoms with Crippen LogP contribution in [0.25, 0.3) is 21.9 Å². The molecule has 0 bridgehead atoms. The van der Waals surface area contributed by atoms with Crippen molar-refractivity contribution in [1.82, 2.24) is 19.4 Å². The van der Waals surface area contributed by atoms with Gasteiger partial charge in [0.2, 0.25) is 17.7 Å². The second-order valence-corrected chi connectivity index (χ2v) is 11.2. The van der Waals surface area contributed by atoms with Crippen LogP contribution in [0.4, 0.5) is 5.82 Å². The van der Waals surface area contributed by atoms with Gasteiger partial charge >= 0.3 is 5.97 Å². The molecule has 0 spiro atoms. The Balaban J connectivity index is 1.39. The molecule has 5 rings (SSSR count). The minimum absolute atomic E-state index is 0.106. The van der Waals surface area contributed by atoms with Crippen LogP contribution in [0, 0.1) is 11.8 Å². The quantitative estimate of drug-likeness (QED) is 0.347. The van der Waals surface area contributed by atoms with Crippen molar-refractivity contribution in [2.24, 2.45) is 11.8 Å². The summed E-state index contributed by atoms with van der Waals surface area (Å²) < 4.78 is 6.67. The lowest BCUT2D eigenvalue weighted by atomic mass is 9.81. The molecule has 3 aromatic rings. The van der Waals surface area contributed by atoms with Gasteiger partial charge in [0.1, 0.15) is 5.52 Å². The molecule has 3 heterocycles. The van der Waals surface area contributed by atoms with Gasteiger partial charge in [0.15, 0.2) is 5.82 Å². The van der Waals surface area contributed by atoms with Crippen LogP contribution in [-0.2, 0) is 25.7 Å². The first kappa shape index (κ1) is 26.7. The molecule has 11 heteroatoms. The molecule has 1 aliphatic heterocycles. The SMILES string of the molecule is COC(=O)c1ccc2c(c1)nc(NC(=O)C1CCC(CN3C(=O)CCC3=O)CC1)c1ncn(CC(C)(C)O)c12. The number of hydrogen-bond donors (Lipinski definition) is 2. The molecule has 39 heavy (non-hydrogen) atoms. The number of ether oxygens (including phenoxy) is 1. The van der Waals surface area contributed by atoms with Crippen molar-refractivity contribution in [3.63, 3.8) is 0 Å². The van der Waals surface area contributed by atoms with Crippen molar-refractivity contribution in [2.45, 2.75) is 64.5 Å². The lowest BCUT2D eigenvalue weighted by Gasteiger charge is -2.30. The molecule has 3 amide bonds. The van der Waals surface area contributed by atoms with Crippen LogP contribution >= 0.6 is 0 Å². The van der Waals surface area contributed by atoms with Crippen LogP contribution in [0.1, 0.15) is 62.7 Å². The molecule has 1 aliphatic carbocycles. The highest BCUT2D eigenvalue weighted by molar-refractivity contribution is 6.10. The first-order valence-corrected chi connectivity index (χ1v) is 13.3. The number of carbonyl (C=O) groups is 4. The van der Waals surface area contributed by atoms with E-state index < -0.39 is 11.6 Å². The summed E-state index contributed by atoms with van der Waals surface area (Å²) >= 11 is 0. The van der Waals surface area contributed by atoms with E-state index >= 15 is 0 Å². The third-order valence-corrected chi connectivity index (χ3v) is 7.58. The largest absolute Gasteiger partial charge is 0.465 e. The fourth-order valence-electron chi connectivity index (χ4n) is 5.62. The second-order valence-electron chi connectivity index (χ2n) is 11.2. The summed E-state index contributed by atoms with van der Waals surface area (Å²) in [6.45, 7) is 4.10. The summed E-state index contributed by atoms with van der Waals surface area (Å²) in [5, 5.41) is 14.1. The highest BCUT2D eigenvalue weighted by atomic mass is 16.5. The number of carbonyl (C=O) groups excluding carboxylic acids is 4. The maximum Gasteiger partial charge on any atom is 0.337 e. The van der Waals surface area contributed by atoms with Crippen LogP contribution in [0.15, 0.2) is 24.5 Å². The van der Waals surface area contributed by atoms with Crippen molar-refractivity contribution < 1.29 is 29.0 Å². The monoisotopic (exact) mass is 535 g/mol. The molecule has 2 fully saturated rings. The molecule has 0 radical (unpaired) electrons. The van der Waals surface area contributed by atoms with Gasteiger partial charge in [-0.3, -0.25) is 19.3 Å². The number of likely N-dealkylation sites (tertiary alicyclic amines) is 1. The minimum Gasteiger partial charge on any atom is -0.465 e. The third kappa shape index (κ3) is 5.49. The Morgan fingerprint density at radius 2 is 1.82 bits per heavy atom. The lowest BCUT2D eigenvalue weighted by Crippen LogP contribution is -2.36. The summed E-state index contributed by atoms with van der Waals surface area (Å²) in [5.41, 5.74) is 0.989. The molecule has 2 aromatic heterocycles. The average Bonchev–Trinajstić information content (AvgIpc) is 3.45. The van der Waals surface area contributed by atoms with Crippen molar-refractivity contribution >= 4 is 51.4 Å². The molecule has 11 nitrogen and oxygen atoms in total. The van der Waals surface area contributed by atoms with Gasteiger partial charge in [-0.1, -0.05) is 0 Å². The summed E-state index contributed by atoms with van der Waals surface area (Å²) in [6, 6.07) is 5.03. The number of rotatable bonds is 7. The molecular weight excluding hydrogens is 502 g/mol. The number of esters is 1. The van der Waals surface area contributed by atoms with Gasteiger partial charge in [0.25, 0.3) is 0 Å². The highest BCUT2D eigenvalue weighted by Crippen LogP contribution is 2.34. The molecule has 1 aromatic carbocycles. The summed E-state index contributed by atoms with van der Waals surface area (Å²) in [4.78, 5) is 60.0. The molecular formula is C28H33N5O6. The average molecular weight is 536 g/mol. The lowest BCUT2D eigenvalue weighted by molar-refractivity contribution is -0.139. The molecule has 2 aliphatic rings. The number of nitrogens with zero attached hydrogens (tertiary/aromatic N) is 4. The van der Waals surface area contributed by atoms with Crippen LogP contribution < -0.4 is 5.32 Å². The molecule has 1 saturated heterocycles. The molecule has 0 unspecified atom stereocenters. The Labute approximate surface area is 225 Å². The Bertz CT molecular complexity index is 1450. The number of imide groups is 1. The highest BCUT2D eigenvalue weighted by Gasteiger charge is 2.34. The van der Waals surface area contributed by atoms with E-state index in [2.05, 4.69) is 15.3 Å². The summed E-state index contributed by atoms with van der Waals surface area (Å²) in [6.07, 6.45) is 4.97. The van der Waals surface area contributed by atoms with Crippen molar-refractivity contribution in [3.8, 4) is 0 Å². The number of aromatic nitrogens is 3. The number of fused-ring (bicyclic) bond motifs is 3. The van der Waals surface area contributed by atoms with Gasteiger partial charge in [0, 0.05) is 30.7 Å². The van der Waals surface area contributed by atoms with E-state index in [0.717, 1.165) is 18.2 Å². The van der Waals surface area contributed by atoms with Crippen LogP contribution in [0.2, 0.25) is 0 Å². The first-order chi connectivity index (χ1) is 18.5. The number of imidazole rings is 1. The standard InChI is InChI=1S/C28H33N5O6/c1-28(2,38)14-32-15-29-23-24(32)19-9-8-18(27(37)39-3)12-20(19)30-25(23)31-26(36)17-6-4-16(5-7-17)13-33-21(34)10-11-22(33)35/h8-9,12,15-17,38H,4-7,10-11,13-14H2,1-3H3,(H,30,31,36). The summed E-state index contributed by atoms with van der Waals surface area (Å²) in [5.74, 6) is -0.635. The van der Waals surface area contributed by atoms with Gasteiger partial charge < -0.3 is 19.7 Å². The minimum atomic E-state index is -1.01. The van der Waals surface area contributed by atoms with Crippen molar-refractivity contribution in [3.05, 3.63) is 30.1 Å². The van der Waals surface area contributed by atoms with E-state index in [1.54, 1.807) is 38.4 Å². The second kappa shape index (κ2) is 10.4. The molecule has 0 atom stereocenters. The van der Waals surface area contributed by atoms with E-state index in [-0.39, 0.29) is 54.8 Å². The van der Waals surface area contributed by atoms with Gasteiger partial charge in [0.05, 0.1) is 42.2 Å². The fraction of sp³-hybridized carbons (Fsp3) is 0.500. The third-order valence-electron chi connectivity index (χ3n) is 7.58. The number of nitrogens with one attached hydrogen (secondary N) is 1. The maximum absolute atomic E-state index is 13.3. The van der Waals surface area contributed by atoms with Crippen molar-refractivity contribution in [2.75, 3.05) is 19.0 Å². The van der Waals surface area contributed by atoms with E-state index in [9.17, 15) is 24.3 Å². The van der Waals surface area contributed by atoms with Crippen LogP contribution in [0.5, 0.6) is 0 Å². The number of methoxy groups -OCH3 is 1. The van der Waals surface area contributed by atoms with Crippen LogP contribution in [-0.4, -0.2) is 67.5 Å². The number of pyridine rings is 1. The number of aliphatic hydroxyl groups is 1. The van der Waals surface area contributed by atoms with E-state index in [1.807, 2.05) is 4.57 Å². The number of benzene rings is 1. The van der Waals surface area contributed by atoms with Crippen LogP contribution in [0.3, 0.4) is 0 Å². The Morgan fingerprint density at radius 3 is 2.46 bits per heavy atom. The van der Waals surface area contributed by atoms with Gasteiger partial charge in [-0.25, -0.2) is 14.8 Å².